The molecule has 0 saturated heterocycles. The normalized spacial score (nSPS) is 22.9. The molecule has 1 aliphatic carbocycles. The lowest BCUT2D eigenvalue weighted by Gasteiger charge is -2.26. The summed E-state index contributed by atoms with van der Waals surface area (Å²) in [5.74, 6) is 1.59. The molecule has 1 fully saturated rings. The van der Waals surface area contributed by atoms with Crippen LogP contribution in [0.15, 0.2) is 15.8 Å². The van der Waals surface area contributed by atoms with E-state index in [1.54, 1.807) is 13.2 Å². The molecule has 1 aromatic heterocycles. The molecule has 1 saturated carbocycles. The van der Waals surface area contributed by atoms with Crippen molar-refractivity contribution in [2.45, 2.75) is 39.2 Å². The standard InChI is InChI=1S/C15H25N3O2/c1-11-4-6-12(7-5-11)8-16-9-13-10-17(2)15(20)18(3)14(13)19/h10-12,16H,4-9H2,1-3H3. The summed E-state index contributed by atoms with van der Waals surface area (Å²) in [6, 6.07) is 0. The zero-order valence-electron chi connectivity index (χ0n) is 12.7. The van der Waals surface area contributed by atoms with Crippen molar-refractivity contribution < 1.29 is 0 Å². The highest BCUT2D eigenvalue weighted by atomic mass is 16.2. The molecule has 1 N–H and O–H groups in total. The average Bonchev–Trinajstić information content (AvgIpc) is 2.44. The van der Waals surface area contributed by atoms with Crippen LogP contribution < -0.4 is 16.6 Å². The molecule has 0 spiro atoms. The van der Waals surface area contributed by atoms with E-state index >= 15 is 0 Å². The van der Waals surface area contributed by atoms with E-state index in [0.717, 1.165) is 18.4 Å². The minimum Gasteiger partial charge on any atom is -0.312 e. The molecule has 0 bridgehead atoms. The Hall–Kier alpha value is -1.36. The second-order valence-electron chi connectivity index (χ2n) is 6.17. The third kappa shape index (κ3) is 3.39. The van der Waals surface area contributed by atoms with Crippen LogP contribution in [0, 0.1) is 11.8 Å². The molecular formula is C15H25N3O2. The molecule has 20 heavy (non-hydrogen) atoms. The fourth-order valence-electron chi connectivity index (χ4n) is 2.95. The summed E-state index contributed by atoms with van der Waals surface area (Å²) in [5, 5.41) is 3.37. The summed E-state index contributed by atoms with van der Waals surface area (Å²) in [7, 11) is 3.20. The largest absolute Gasteiger partial charge is 0.330 e. The highest BCUT2D eigenvalue weighted by molar-refractivity contribution is 5.05. The number of nitrogens with one attached hydrogen (secondary N) is 1. The first-order chi connectivity index (χ1) is 9.49. The fourth-order valence-corrected chi connectivity index (χ4v) is 2.95. The van der Waals surface area contributed by atoms with Gasteiger partial charge in [-0.3, -0.25) is 9.36 Å². The molecule has 1 heterocycles. The van der Waals surface area contributed by atoms with Crippen molar-refractivity contribution in [2.75, 3.05) is 6.54 Å². The number of nitrogens with zero attached hydrogens (tertiary/aromatic N) is 2. The molecule has 0 aliphatic heterocycles. The second kappa shape index (κ2) is 6.39. The van der Waals surface area contributed by atoms with Gasteiger partial charge < -0.3 is 9.88 Å². The smallest absolute Gasteiger partial charge is 0.312 e. The summed E-state index contributed by atoms with van der Waals surface area (Å²) < 4.78 is 2.63. The Bertz CT molecular complexity index is 565. The van der Waals surface area contributed by atoms with E-state index in [-0.39, 0.29) is 11.2 Å². The molecule has 0 amide bonds. The van der Waals surface area contributed by atoms with Gasteiger partial charge in [0.15, 0.2) is 0 Å². The fraction of sp³-hybridized carbons (Fsp3) is 0.733. The summed E-state index contributed by atoms with van der Waals surface area (Å²) >= 11 is 0. The van der Waals surface area contributed by atoms with E-state index in [1.807, 2.05) is 0 Å². The first kappa shape index (κ1) is 15.0. The maximum atomic E-state index is 12.0. The minimum atomic E-state index is -0.278. The topological polar surface area (TPSA) is 56.0 Å². The van der Waals surface area contributed by atoms with Crippen LogP contribution in [-0.4, -0.2) is 15.7 Å². The van der Waals surface area contributed by atoms with Crippen LogP contribution in [0.4, 0.5) is 0 Å². The number of rotatable bonds is 4. The van der Waals surface area contributed by atoms with E-state index < -0.39 is 0 Å². The van der Waals surface area contributed by atoms with Crippen LogP contribution in [0.25, 0.3) is 0 Å². The first-order valence-corrected chi connectivity index (χ1v) is 7.45. The van der Waals surface area contributed by atoms with Gasteiger partial charge >= 0.3 is 5.69 Å². The Morgan fingerprint density at radius 1 is 1.20 bits per heavy atom. The van der Waals surface area contributed by atoms with Gasteiger partial charge in [-0.1, -0.05) is 19.8 Å². The van der Waals surface area contributed by atoms with Crippen molar-refractivity contribution in [2.24, 2.45) is 25.9 Å². The second-order valence-corrected chi connectivity index (χ2v) is 6.17. The highest BCUT2D eigenvalue weighted by Crippen LogP contribution is 2.27. The van der Waals surface area contributed by atoms with Gasteiger partial charge in [-0.05, 0) is 31.2 Å². The van der Waals surface area contributed by atoms with Crippen molar-refractivity contribution in [3.8, 4) is 0 Å². The van der Waals surface area contributed by atoms with Gasteiger partial charge in [-0.15, -0.1) is 0 Å². The van der Waals surface area contributed by atoms with E-state index in [0.29, 0.717) is 12.1 Å². The summed E-state index contributed by atoms with van der Waals surface area (Å²) in [6.07, 6.45) is 6.82. The van der Waals surface area contributed by atoms with Crippen molar-refractivity contribution in [1.82, 2.24) is 14.5 Å². The molecule has 1 aliphatic rings. The Morgan fingerprint density at radius 2 is 1.85 bits per heavy atom. The Balaban J connectivity index is 1.92. The van der Waals surface area contributed by atoms with Gasteiger partial charge in [-0.2, -0.15) is 0 Å². The summed E-state index contributed by atoms with van der Waals surface area (Å²) in [5.41, 5.74) is 0.177. The summed E-state index contributed by atoms with van der Waals surface area (Å²) in [6.45, 7) is 3.81. The van der Waals surface area contributed by atoms with Gasteiger partial charge in [0, 0.05) is 32.4 Å². The van der Waals surface area contributed by atoms with Crippen LogP contribution in [-0.2, 0) is 20.6 Å². The maximum absolute atomic E-state index is 12.0. The lowest BCUT2D eigenvalue weighted by atomic mass is 9.83. The van der Waals surface area contributed by atoms with Gasteiger partial charge in [0.1, 0.15) is 0 Å². The molecule has 5 heteroatoms. The third-order valence-corrected chi connectivity index (χ3v) is 4.40. The number of aromatic nitrogens is 2. The van der Waals surface area contributed by atoms with E-state index in [4.69, 9.17) is 0 Å². The van der Waals surface area contributed by atoms with Gasteiger partial charge in [-0.25, -0.2) is 4.79 Å². The number of aryl methyl sites for hydroxylation is 1. The molecule has 0 unspecified atom stereocenters. The predicted octanol–water partition coefficient (Wildman–Crippen LogP) is 1.000. The van der Waals surface area contributed by atoms with Crippen LogP contribution in [0.3, 0.4) is 0 Å². The van der Waals surface area contributed by atoms with E-state index in [1.165, 1.54) is 41.9 Å². The monoisotopic (exact) mass is 279 g/mol. The Morgan fingerprint density at radius 3 is 2.50 bits per heavy atom. The van der Waals surface area contributed by atoms with Crippen molar-refractivity contribution >= 4 is 0 Å². The quantitative estimate of drug-likeness (QED) is 0.894. The van der Waals surface area contributed by atoms with Crippen molar-refractivity contribution in [3.63, 3.8) is 0 Å². The van der Waals surface area contributed by atoms with Crippen LogP contribution >= 0.6 is 0 Å². The zero-order valence-corrected chi connectivity index (χ0v) is 12.7. The van der Waals surface area contributed by atoms with Crippen molar-refractivity contribution in [3.05, 3.63) is 32.6 Å². The lowest BCUT2D eigenvalue weighted by molar-refractivity contribution is 0.281. The highest BCUT2D eigenvalue weighted by Gasteiger charge is 2.17. The van der Waals surface area contributed by atoms with E-state index in [2.05, 4.69) is 12.2 Å². The molecule has 0 atom stereocenters. The van der Waals surface area contributed by atoms with Gasteiger partial charge in [0.05, 0.1) is 0 Å². The average molecular weight is 279 g/mol. The molecule has 0 aromatic carbocycles. The minimum absolute atomic E-state index is 0.196. The van der Waals surface area contributed by atoms with Gasteiger partial charge in [0.25, 0.3) is 5.56 Å². The number of hydrogen-bond acceptors (Lipinski definition) is 3. The van der Waals surface area contributed by atoms with Crippen LogP contribution in [0.5, 0.6) is 0 Å². The molecule has 1 aromatic rings. The van der Waals surface area contributed by atoms with Crippen LogP contribution in [0.1, 0.15) is 38.2 Å². The first-order valence-electron chi connectivity index (χ1n) is 7.45. The van der Waals surface area contributed by atoms with Gasteiger partial charge in [0.2, 0.25) is 0 Å². The SMILES string of the molecule is CC1CCC(CNCc2cn(C)c(=O)n(C)c2=O)CC1. The number of hydrogen-bond donors (Lipinski definition) is 1. The zero-order chi connectivity index (χ0) is 14.7. The maximum Gasteiger partial charge on any atom is 0.330 e. The molecule has 112 valence electrons. The van der Waals surface area contributed by atoms with Crippen LogP contribution in [0.2, 0.25) is 0 Å². The predicted molar refractivity (Wildman–Crippen MR) is 79.8 cm³/mol. The van der Waals surface area contributed by atoms with E-state index in [9.17, 15) is 9.59 Å². The molecule has 2 rings (SSSR count). The Labute approximate surface area is 119 Å². The molecule has 5 nitrogen and oxygen atoms in total. The molecule has 0 radical (unpaired) electrons. The third-order valence-electron chi connectivity index (χ3n) is 4.40. The Kier molecular flexibility index (Phi) is 4.81. The van der Waals surface area contributed by atoms with Crippen molar-refractivity contribution in [1.29, 1.82) is 0 Å². The molecular weight excluding hydrogens is 254 g/mol. The lowest BCUT2D eigenvalue weighted by Crippen LogP contribution is -2.40. The summed E-state index contributed by atoms with van der Waals surface area (Å²) in [4.78, 5) is 23.6.